The van der Waals surface area contributed by atoms with E-state index < -0.39 is 5.60 Å². The van der Waals surface area contributed by atoms with E-state index in [0.717, 1.165) is 5.56 Å². The molecule has 0 unspecified atom stereocenters. The van der Waals surface area contributed by atoms with E-state index in [1.54, 1.807) is 47.3 Å². The number of rotatable bonds is 6. The van der Waals surface area contributed by atoms with Crippen LogP contribution in [0.2, 0.25) is 0 Å². The molecule has 7 heteroatoms. The molecule has 0 radical (unpaired) electrons. The summed E-state index contributed by atoms with van der Waals surface area (Å²) < 4.78 is 21.8. The Hall–Kier alpha value is -3.74. The zero-order chi connectivity index (χ0) is 21.1. The third kappa shape index (κ3) is 4.00. The first-order valence-electron chi connectivity index (χ1n) is 9.53. The smallest absolute Gasteiger partial charge is 0.255 e. The molecule has 1 amide bonds. The Bertz CT molecular complexity index is 1190. The van der Waals surface area contributed by atoms with Crippen molar-refractivity contribution in [3.05, 3.63) is 95.7 Å². The summed E-state index contributed by atoms with van der Waals surface area (Å²) in [5.41, 5.74) is 1.55. The van der Waals surface area contributed by atoms with Gasteiger partial charge < -0.3 is 10.1 Å². The largest absolute Gasteiger partial charge is 0.483 e. The molecule has 0 aliphatic heterocycles. The second kappa shape index (κ2) is 7.94. The Kier molecular flexibility index (Phi) is 5.18. The van der Waals surface area contributed by atoms with Crippen LogP contribution in [0.15, 0.2) is 73.2 Å². The standard InChI is InChI=1S/C23H21FN4O2/c1-23(2,19-7-3-4-8-20(19)24)30-17-11-9-16(10-12-17)14-25-22(29)18-6-5-13-28-15-26-27-21(18)28/h3-13,15H,14H2,1-2H3,(H,25,29). The van der Waals surface area contributed by atoms with Gasteiger partial charge in [-0.05, 0) is 49.7 Å². The quantitative estimate of drug-likeness (QED) is 0.525. The summed E-state index contributed by atoms with van der Waals surface area (Å²) >= 11 is 0. The number of pyridine rings is 1. The molecule has 4 rings (SSSR count). The average Bonchev–Trinajstić information content (AvgIpc) is 3.22. The lowest BCUT2D eigenvalue weighted by atomic mass is 9.97. The first kappa shape index (κ1) is 19.6. The van der Waals surface area contributed by atoms with Crippen LogP contribution in [-0.2, 0) is 12.1 Å². The van der Waals surface area contributed by atoms with E-state index in [1.165, 1.54) is 6.07 Å². The fourth-order valence-corrected chi connectivity index (χ4v) is 3.28. The number of nitrogens with one attached hydrogen (secondary N) is 1. The van der Waals surface area contributed by atoms with Gasteiger partial charge in [-0.3, -0.25) is 9.20 Å². The lowest BCUT2D eigenvalue weighted by Gasteiger charge is -2.27. The normalized spacial score (nSPS) is 11.4. The van der Waals surface area contributed by atoms with Crippen molar-refractivity contribution in [1.82, 2.24) is 19.9 Å². The summed E-state index contributed by atoms with van der Waals surface area (Å²) in [4.78, 5) is 12.5. The van der Waals surface area contributed by atoms with E-state index in [1.807, 2.05) is 38.1 Å². The minimum absolute atomic E-state index is 0.227. The van der Waals surface area contributed by atoms with Crippen LogP contribution in [0.3, 0.4) is 0 Å². The highest BCUT2D eigenvalue weighted by Gasteiger charge is 2.26. The summed E-state index contributed by atoms with van der Waals surface area (Å²) in [6.07, 6.45) is 3.33. The first-order chi connectivity index (χ1) is 14.4. The van der Waals surface area contributed by atoms with Crippen molar-refractivity contribution < 1.29 is 13.9 Å². The number of hydrogen-bond donors (Lipinski definition) is 1. The van der Waals surface area contributed by atoms with Crippen LogP contribution < -0.4 is 10.1 Å². The van der Waals surface area contributed by atoms with Crippen LogP contribution in [0.25, 0.3) is 5.65 Å². The SMILES string of the molecule is CC(C)(Oc1ccc(CNC(=O)c2cccn3cnnc23)cc1)c1ccccc1F. The van der Waals surface area contributed by atoms with Crippen LogP contribution in [-0.4, -0.2) is 20.5 Å². The average molecular weight is 404 g/mol. The lowest BCUT2D eigenvalue weighted by molar-refractivity contribution is 0.0952. The Morgan fingerprint density at radius 3 is 2.63 bits per heavy atom. The second-order valence-electron chi connectivity index (χ2n) is 7.40. The Labute approximate surface area is 173 Å². The zero-order valence-corrected chi connectivity index (χ0v) is 16.7. The van der Waals surface area contributed by atoms with E-state index in [4.69, 9.17) is 4.74 Å². The molecule has 0 bridgehead atoms. The van der Waals surface area contributed by atoms with Gasteiger partial charge in [-0.25, -0.2) is 4.39 Å². The van der Waals surface area contributed by atoms with Crippen molar-refractivity contribution in [1.29, 1.82) is 0 Å². The van der Waals surface area contributed by atoms with Gasteiger partial charge in [0, 0.05) is 18.3 Å². The van der Waals surface area contributed by atoms with Crippen molar-refractivity contribution >= 4 is 11.6 Å². The van der Waals surface area contributed by atoms with E-state index >= 15 is 0 Å². The number of aromatic nitrogens is 3. The summed E-state index contributed by atoms with van der Waals surface area (Å²) in [6, 6.07) is 17.4. The molecule has 6 nitrogen and oxygen atoms in total. The summed E-state index contributed by atoms with van der Waals surface area (Å²) in [7, 11) is 0. The van der Waals surface area contributed by atoms with Gasteiger partial charge in [-0.2, -0.15) is 0 Å². The number of amides is 1. The molecule has 2 aromatic carbocycles. The molecular weight excluding hydrogens is 383 g/mol. The van der Waals surface area contributed by atoms with Gasteiger partial charge in [0.1, 0.15) is 23.5 Å². The topological polar surface area (TPSA) is 68.5 Å². The van der Waals surface area contributed by atoms with Gasteiger partial charge in [0.15, 0.2) is 5.65 Å². The van der Waals surface area contributed by atoms with Crippen LogP contribution in [0, 0.1) is 5.82 Å². The molecule has 0 spiro atoms. The van der Waals surface area contributed by atoms with Gasteiger partial charge in [0.2, 0.25) is 0 Å². The fourth-order valence-electron chi connectivity index (χ4n) is 3.28. The van der Waals surface area contributed by atoms with Gasteiger partial charge in [0.05, 0.1) is 5.56 Å². The lowest BCUT2D eigenvalue weighted by Crippen LogP contribution is -2.26. The Balaban J connectivity index is 1.41. The monoisotopic (exact) mass is 404 g/mol. The molecule has 4 aromatic rings. The fraction of sp³-hybridized carbons (Fsp3) is 0.174. The predicted molar refractivity (Wildman–Crippen MR) is 111 cm³/mol. The molecule has 30 heavy (non-hydrogen) atoms. The van der Waals surface area contributed by atoms with Gasteiger partial charge in [-0.1, -0.05) is 30.3 Å². The van der Waals surface area contributed by atoms with Crippen LogP contribution in [0.1, 0.15) is 35.3 Å². The van der Waals surface area contributed by atoms with Crippen LogP contribution in [0.5, 0.6) is 5.75 Å². The number of carbonyl (C=O) groups is 1. The molecule has 2 aromatic heterocycles. The van der Waals surface area contributed by atoms with E-state index in [0.29, 0.717) is 29.1 Å². The Morgan fingerprint density at radius 2 is 1.87 bits per heavy atom. The number of halogens is 1. The van der Waals surface area contributed by atoms with Crippen molar-refractivity contribution in [3.63, 3.8) is 0 Å². The summed E-state index contributed by atoms with van der Waals surface area (Å²) in [5, 5.41) is 10.7. The molecule has 0 fully saturated rings. The van der Waals surface area contributed by atoms with Gasteiger partial charge >= 0.3 is 0 Å². The van der Waals surface area contributed by atoms with Crippen molar-refractivity contribution in [2.75, 3.05) is 0 Å². The molecule has 2 heterocycles. The van der Waals surface area contributed by atoms with Gasteiger partial charge in [0.25, 0.3) is 5.91 Å². The second-order valence-corrected chi connectivity index (χ2v) is 7.40. The minimum atomic E-state index is -0.821. The molecule has 1 N–H and O–H groups in total. The molecular formula is C23H21FN4O2. The molecule has 0 atom stereocenters. The summed E-state index contributed by atoms with van der Waals surface area (Å²) in [6.45, 7) is 4.00. The maximum Gasteiger partial charge on any atom is 0.255 e. The number of nitrogens with zero attached hydrogens (tertiary/aromatic N) is 3. The maximum absolute atomic E-state index is 14.1. The van der Waals surface area contributed by atoms with Crippen LogP contribution >= 0.6 is 0 Å². The van der Waals surface area contributed by atoms with Crippen molar-refractivity contribution in [2.24, 2.45) is 0 Å². The highest BCUT2D eigenvalue weighted by atomic mass is 19.1. The highest BCUT2D eigenvalue weighted by Crippen LogP contribution is 2.29. The number of carbonyl (C=O) groups excluding carboxylic acids is 1. The highest BCUT2D eigenvalue weighted by molar-refractivity contribution is 5.99. The molecule has 0 aliphatic rings. The third-order valence-electron chi connectivity index (χ3n) is 4.84. The molecule has 0 saturated carbocycles. The number of fused-ring (bicyclic) bond motifs is 1. The van der Waals surface area contributed by atoms with Crippen molar-refractivity contribution in [3.8, 4) is 5.75 Å². The minimum Gasteiger partial charge on any atom is -0.483 e. The number of ether oxygens (including phenoxy) is 1. The Morgan fingerprint density at radius 1 is 1.10 bits per heavy atom. The van der Waals surface area contributed by atoms with Crippen molar-refractivity contribution in [2.45, 2.75) is 26.0 Å². The van der Waals surface area contributed by atoms with E-state index in [9.17, 15) is 9.18 Å². The maximum atomic E-state index is 14.1. The first-order valence-corrected chi connectivity index (χ1v) is 9.53. The number of hydrogen-bond acceptors (Lipinski definition) is 4. The van der Waals surface area contributed by atoms with Gasteiger partial charge in [-0.15, -0.1) is 10.2 Å². The summed E-state index contributed by atoms with van der Waals surface area (Å²) in [5.74, 6) is 0.0886. The van der Waals surface area contributed by atoms with E-state index in [-0.39, 0.29) is 11.7 Å². The molecule has 0 saturated heterocycles. The van der Waals surface area contributed by atoms with Crippen LogP contribution in [0.4, 0.5) is 4.39 Å². The van der Waals surface area contributed by atoms with E-state index in [2.05, 4.69) is 15.5 Å². The zero-order valence-electron chi connectivity index (χ0n) is 16.7. The third-order valence-corrected chi connectivity index (χ3v) is 4.84. The number of benzene rings is 2. The molecule has 152 valence electrons. The predicted octanol–water partition coefficient (Wildman–Crippen LogP) is 4.11. The molecule has 0 aliphatic carbocycles.